The molecule has 3 aromatic heterocycles. The van der Waals surface area contributed by atoms with Crippen molar-refractivity contribution < 1.29 is 22.4 Å². The van der Waals surface area contributed by atoms with Crippen LogP contribution in [0.25, 0.3) is 16.9 Å². The second kappa shape index (κ2) is 5.66. The van der Waals surface area contributed by atoms with E-state index >= 15 is 0 Å². The molecule has 0 radical (unpaired) electrons. The number of hydrogen-bond acceptors (Lipinski definition) is 4. The first-order valence-corrected chi connectivity index (χ1v) is 7.03. The van der Waals surface area contributed by atoms with Gasteiger partial charge in [-0.15, -0.1) is 0 Å². The first-order valence-electron chi connectivity index (χ1n) is 7.03. The van der Waals surface area contributed by atoms with E-state index in [0.29, 0.717) is 17.0 Å². The Balaban J connectivity index is 2.01. The monoisotopic (exact) mass is 338 g/mol. The van der Waals surface area contributed by atoms with E-state index in [1.54, 1.807) is 19.1 Å². The number of furan rings is 1. The number of hydrogen-bond donors (Lipinski definition) is 1. The van der Waals surface area contributed by atoms with E-state index < -0.39 is 18.1 Å². The normalized spacial score (nSPS) is 13.2. The van der Waals surface area contributed by atoms with Crippen molar-refractivity contribution in [2.75, 3.05) is 0 Å². The van der Waals surface area contributed by atoms with Gasteiger partial charge in [-0.2, -0.15) is 18.3 Å². The standard InChI is InChI=1S/C15H13F3N4O2/c1-8-5-12(10-3-4-24-7-10)21-13-11(6-19-22(8)13)14(23)20-9(2)15(16,17)18/h3-7,9H,1-2H3,(H,20,23)/t9-/m1/s1. The molecule has 0 saturated heterocycles. The SMILES string of the molecule is Cc1cc(-c2ccoc2)nc2c(C(=O)N[C@H](C)C(F)(F)F)cnn12. The molecular weight excluding hydrogens is 325 g/mol. The highest BCUT2D eigenvalue weighted by molar-refractivity contribution is 6.00. The number of aryl methyl sites for hydroxylation is 1. The number of aromatic nitrogens is 3. The number of rotatable bonds is 3. The summed E-state index contributed by atoms with van der Waals surface area (Å²) in [5.74, 6) is -0.883. The fraction of sp³-hybridized carbons (Fsp3) is 0.267. The van der Waals surface area contributed by atoms with Crippen molar-refractivity contribution in [3.8, 4) is 11.3 Å². The summed E-state index contributed by atoms with van der Waals surface area (Å²) in [6.07, 6.45) is -0.359. The van der Waals surface area contributed by atoms with Crippen LogP contribution in [0.1, 0.15) is 23.0 Å². The van der Waals surface area contributed by atoms with Gasteiger partial charge in [0.1, 0.15) is 11.6 Å². The summed E-state index contributed by atoms with van der Waals surface area (Å²) in [4.78, 5) is 16.5. The molecule has 1 amide bonds. The maximum absolute atomic E-state index is 12.6. The fourth-order valence-corrected chi connectivity index (χ4v) is 2.19. The summed E-state index contributed by atoms with van der Waals surface area (Å²) < 4.78 is 44.3. The lowest BCUT2D eigenvalue weighted by atomic mass is 10.2. The molecular formula is C15H13F3N4O2. The van der Waals surface area contributed by atoms with Crippen molar-refractivity contribution >= 4 is 11.6 Å². The third kappa shape index (κ3) is 2.84. The van der Waals surface area contributed by atoms with Crippen molar-refractivity contribution in [3.05, 3.63) is 42.1 Å². The molecule has 3 heterocycles. The van der Waals surface area contributed by atoms with Gasteiger partial charge in [0.15, 0.2) is 5.65 Å². The third-order valence-electron chi connectivity index (χ3n) is 3.55. The lowest BCUT2D eigenvalue weighted by Gasteiger charge is -2.16. The van der Waals surface area contributed by atoms with Gasteiger partial charge in [-0.25, -0.2) is 9.50 Å². The minimum absolute atomic E-state index is 0.0282. The Labute approximate surface area is 134 Å². The quantitative estimate of drug-likeness (QED) is 0.797. The first-order chi connectivity index (χ1) is 11.3. The molecule has 6 nitrogen and oxygen atoms in total. The van der Waals surface area contributed by atoms with Gasteiger partial charge in [0.2, 0.25) is 0 Å². The molecule has 1 atom stereocenters. The van der Waals surface area contributed by atoms with Crippen molar-refractivity contribution in [3.63, 3.8) is 0 Å². The predicted octanol–water partition coefficient (Wildman–Crippen LogP) is 2.98. The molecule has 126 valence electrons. The Morgan fingerprint density at radius 3 is 2.79 bits per heavy atom. The zero-order valence-electron chi connectivity index (χ0n) is 12.8. The summed E-state index contributed by atoms with van der Waals surface area (Å²) >= 11 is 0. The zero-order valence-corrected chi connectivity index (χ0v) is 12.8. The molecule has 0 unspecified atom stereocenters. The average molecular weight is 338 g/mol. The van der Waals surface area contributed by atoms with Crippen molar-refractivity contribution in [1.29, 1.82) is 0 Å². The highest BCUT2D eigenvalue weighted by atomic mass is 19.4. The van der Waals surface area contributed by atoms with E-state index in [0.717, 1.165) is 6.92 Å². The molecule has 0 saturated carbocycles. The summed E-state index contributed by atoms with van der Waals surface area (Å²) in [7, 11) is 0. The number of halogens is 3. The number of fused-ring (bicyclic) bond motifs is 1. The Bertz CT molecular complexity index is 884. The van der Waals surface area contributed by atoms with E-state index in [9.17, 15) is 18.0 Å². The number of carbonyl (C=O) groups excluding carboxylic acids is 1. The topological polar surface area (TPSA) is 72.4 Å². The molecule has 0 fully saturated rings. The van der Waals surface area contributed by atoms with E-state index in [-0.39, 0.29) is 11.2 Å². The average Bonchev–Trinajstić information content (AvgIpc) is 3.15. The molecule has 0 aromatic carbocycles. The van der Waals surface area contributed by atoms with Crippen LogP contribution in [0.15, 0.2) is 35.3 Å². The van der Waals surface area contributed by atoms with Gasteiger partial charge < -0.3 is 9.73 Å². The highest BCUT2D eigenvalue weighted by Crippen LogP contribution is 2.23. The van der Waals surface area contributed by atoms with Crippen LogP contribution in [-0.4, -0.2) is 32.7 Å². The maximum atomic E-state index is 12.6. The third-order valence-corrected chi connectivity index (χ3v) is 3.55. The number of carbonyl (C=O) groups is 1. The van der Waals surface area contributed by atoms with Gasteiger partial charge in [-0.1, -0.05) is 0 Å². The van der Waals surface area contributed by atoms with E-state index in [2.05, 4.69) is 10.1 Å². The van der Waals surface area contributed by atoms with Crippen molar-refractivity contribution in [1.82, 2.24) is 19.9 Å². The van der Waals surface area contributed by atoms with Gasteiger partial charge in [0.25, 0.3) is 5.91 Å². The summed E-state index contributed by atoms with van der Waals surface area (Å²) in [6, 6.07) is 1.46. The van der Waals surface area contributed by atoms with Gasteiger partial charge in [0, 0.05) is 11.3 Å². The Hall–Kier alpha value is -2.84. The maximum Gasteiger partial charge on any atom is 0.408 e. The fourth-order valence-electron chi connectivity index (χ4n) is 2.19. The van der Waals surface area contributed by atoms with E-state index in [4.69, 9.17) is 4.42 Å². The highest BCUT2D eigenvalue weighted by Gasteiger charge is 2.37. The van der Waals surface area contributed by atoms with Crippen molar-refractivity contribution in [2.45, 2.75) is 26.1 Å². The number of nitrogens with one attached hydrogen (secondary N) is 1. The van der Waals surface area contributed by atoms with Crippen LogP contribution < -0.4 is 5.32 Å². The summed E-state index contributed by atoms with van der Waals surface area (Å²) in [5, 5.41) is 5.93. The molecule has 3 aromatic rings. The number of alkyl halides is 3. The van der Waals surface area contributed by atoms with Crippen LogP contribution in [-0.2, 0) is 0 Å². The van der Waals surface area contributed by atoms with Crippen LogP contribution in [0.2, 0.25) is 0 Å². The van der Waals surface area contributed by atoms with Crippen LogP contribution in [0.3, 0.4) is 0 Å². The summed E-state index contributed by atoms with van der Waals surface area (Å²) in [6.45, 7) is 2.63. The first kappa shape index (κ1) is 16.0. The smallest absolute Gasteiger partial charge is 0.408 e. The molecule has 9 heteroatoms. The minimum Gasteiger partial charge on any atom is -0.472 e. The van der Waals surface area contributed by atoms with Crippen LogP contribution >= 0.6 is 0 Å². The Morgan fingerprint density at radius 2 is 2.17 bits per heavy atom. The van der Waals surface area contributed by atoms with Crippen LogP contribution in [0.5, 0.6) is 0 Å². The van der Waals surface area contributed by atoms with E-state index in [1.165, 1.54) is 23.2 Å². The van der Waals surface area contributed by atoms with Crippen LogP contribution in [0, 0.1) is 6.92 Å². The van der Waals surface area contributed by atoms with Gasteiger partial charge >= 0.3 is 6.18 Å². The van der Waals surface area contributed by atoms with Gasteiger partial charge in [0.05, 0.1) is 24.4 Å². The lowest BCUT2D eigenvalue weighted by molar-refractivity contribution is -0.149. The molecule has 0 bridgehead atoms. The van der Waals surface area contributed by atoms with Gasteiger partial charge in [-0.3, -0.25) is 4.79 Å². The summed E-state index contributed by atoms with van der Waals surface area (Å²) in [5.41, 5.74) is 2.06. The largest absolute Gasteiger partial charge is 0.472 e. The molecule has 0 aliphatic rings. The molecule has 3 rings (SSSR count). The van der Waals surface area contributed by atoms with E-state index in [1.807, 2.05) is 5.32 Å². The van der Waals surface area contributed by atoms with Crippen molar-refractivity contribution in [2.24, 2.45) is 0 Å². The lowest BCUT2D eigenvalue weighted by Crippen LogP contribution is -2.43. The minimum atomic E-state index is -4.52. The predicted molar refractivity (Wildman–Crippen MR) is 78.4 cm³/mol. The molecule has 1 N–H and O–H groups in total. The van der Waals surface area contributed by atoms with Gasteiger partial charge in [-0.05, 0) is 26.0 Å². The number of nitrogens with zero attached hydrogens (tertiary/aromatic N) is 3. The molecule has 0 aliphatic carbocycles. The molecule has 24 heavy (non-hydrogen) atoms. The zero-order chi connectivity index (χ0) is 17.5. The Morgan fingerprint density at radius 1 is 1.42 bits per heavy atom. The number of amides is 1. The second-order valence-electron chi connectivity index (χ2n) is 5.33. The van der Waals surface area contributed by atoms with Crippen LogP contribution in [0.4, 0.5) is 13.2 Å². The Kier molecular flexibility index (Phi) is 3.78. The second-order valence-corrected chi connectivity index (χ2v) is 5.33. The molecule has 0 aliphatic heterocycles. The molecule has 0 spiro atoms.